The van der Waals surface area contributed by atoms with Crippen molar-refractivity contribution in [1.82, 2.24) is 29.5 Å². The van der Waals surface area contributed by atoms with Gasteiger partial charge in [-0.25, -0.2) is 9.97 Å². The maximum atomic E-state index is 13.5. The van der Waals surface area contributed by atoms with Crippen LogP contribution in [0.1, 0.15) is 53.9 Å². The van der Waals surface area contributed by atoms with Crippen LogP contribution in [0, 0.1) is 5.92 Å². The lowest BCUT2D eigenvalue weighted by Gasteiger charge is -2.37. The summed E-state index contributed by atoms with van der Waals surface area (Å²) in [6.45, 7) is 0.188. The number of benzene rings is 1. The molecule has 0 spiro atoms. The molecule has 8 nitrogen and oxygen atoms in total. The first-order chi connectivity index (χ1) is 17.6. The van der Waals surface area contributed by atoms with Crippen LogP contribution in [0.2, 0.25) is 0 Å². The zero-order valence-electron chi connectivity index (χ0n) is 19.9. The second-order valence-electron chi connectivity index (χ2n) is 9.77. The quantitative estimate of drug-likeness (QED) is 0.455. The third-order valence-corrected chi connectivity index (χ3v) is 7.37. The highest BCUT2D eigenvalue weighted by Gasteiger charge is 2.35. The number of carbonyl (C=O) groups excluding carboxylic acids is 1. The summed E-state index contributed by atoms with van der Waals surface area (Å²) in [5.74, 6) is 0.354. The summed E-state index contributed by atoms with van der Waals surface area (Å²) in [6.07, 6.45) is 9.40. The SMILES string of the molecule is O=C(c1c(-c2ncccn2)nn2c(=O)cc(-c3ccc(C4CCCCC4)cc3)[nH]c12)N1CC(CF)C1. The number of amides is 1. The van der Waals surface area contributed by atoms with Crippen molar-refractivity contribution in [2.45, 2.75) is 38.0 Å². The van der Waals surface area contributed by atoms with Crippen molar-refractivity contribution in [3.05, 3.63) is 70.3 Å². The Hall–Kier alpha value is -3.88. The molecule has 2 aliphatic rings. The predicted molar refractivity (Wildman–Crippen MR) is 133 cm³/mol. The van der Waals surface area contributed by atoms with Crippen LogP contribution < -0.4 is 5.56 Å². The molecule has 6 rings (SSSR count). The molecule has 1 amide bonds. The lowest BCUT2D eigenvalue weighted by atomic mass is 9.84. The Balaban J connectivity index is 1.43. The molecule has 1 saturated heterocycles. The number of hydrogen-bond acceptors (Lipinski definition) is 5. The predicted octanol–water partition coefficient (Wildman–Crippen LogP) is 4.24. The Bertz CT molecular complexity index is 1450. The fourth-order valence-corrected chi connectivity index (χ4v) is 5.34. The van der Waals surface area contributed by atoms with Gasteiger partial charge in [0.25, 0.3) is 11.5 Å². The van der Waals surface area contributed by atoms with Gasteiger partial charge in [-0.15, -0.1) is 0 Å². The van der Waals surface area contributed by atoms with E-state index in [4.69, 9.17) is 0 Å². The van der Waals surface area contributed by atoms with Crippen LogP contribution in [0.15, 0.2) is 53.6 Å². The molecule has 0 unspecified atom stereocenters. The van der Waals surface area contributed by atoms with Gasteiger partial charge in [0.05, 0.1) is 12.4 Å². The number of likely N-dealkylation sites (tertiary alicyclic amines) is 1. The first-order valence-corrected chi connectivity index (χ1v) is 12.5. The van der Waals surface area contributed by atoms with Crippen molar-refractivity contribution in [1.29, 1.82) is 0 Å². The summed E-state index contributed by atoms with van der Waals surface area (Å²) in [5, 5.41) is 4.42. The van der Waals surface area contributed by atoms with Crippen LogP contribution in [0.4, 0.5) is 4.39 Å². The number of aromatic amines is 1. The largest absolute Gasteiger partial charge is 0.339 e. The lowest BCUT2D eigenvalue weighted by molar-refractivity contribution is 0.0455. The van der Waals surface area contributed by atoms with Crippen molar-refractivity contribution < 1.29 is 9.18 Å². The summed E-state index contributed by atoms with van der Waals surface area (Å²) in [5.41, 5.74) is 3.14. The van der Waals surface area contributed by atoms with Gasteiger partial charge in [-0.05, 0) is 36.0 Å². The zero-order valence-corrected chi connectivity index (χ0v) is 19.9. The van der Waals surface area contributed by atoms with Crippen LogP contribution in [-0.2, 0) is 0 Å². The molecule has 1 N–H and O–H groups in total. The van der Waals surface area contributed by atoms with E-state index in [-0.39, 0.29) is 40.1 Å². The number of H-pyrrole nitrogens is 1. The fourth-order valence-electron chi connectivity index (χ4n) is 5.34. The molecule has 1 aliphatic heterocycles. The Morgan fingerprint density at radius 2 is 1.78 bits per heavy atom. The van der Waals surface area contributed by atoms with Crippen molar-refractivity contribution in [2.75, 3.05) is 19.8 Å². The number of rotatable bonds is 5. The maximum absolute atomic E-state index is 13.5. The van der Waals surface area contributed by atoms with E-state index in [2.05, 4.69) is 32.2 Å². The second kappa shape index (κ2) is 9.29. The van der Waals surface area contributed by atoms with E-state index in [0.29, 0.717) is 24.7 Å². The summed E-state index contributed by atoms with van der Waals surface area (Å²) in [7, 11) is 0. The van der Waals surface area contributed by atoms with E-state index < -0.39 is 6.67 Å². The normalized spacial score (nSPS) is 16.9. The maximum Gasteiger partial charge on any atom is 0.274 e. The summed E-state index contributed by atoms with van der Waals surface area (Å²) in [6, 6.07) is 11.5. The van der Waals surface area contributed by atoms with Gasteiger partial charge >= 0.3 is 0 Å². The third kappa shape index (κ3) is 3.98. The Morgan fingerprint density at radius 3 is 2.47 bits per heavy atom. The van der Waals surface area contributed by atoms with Crippen molar-refractivity contribution >= 4 is 11.6 Å². The van der Waals surface area contributed by atoms with Crippen molar-refractivity contribution in [3.8, 4) is 22.8 Å². The van der Waals surface area contributed by atoms with E-state index in [1.165, 1.54) is 48.2 Å². The van der Waals surface area contributed by atoms with E-state index in [9.17, 15) is 14.0 Å². The molecule has 4 aromatic rings. The lowest BCUT2D eigenvalue weighted by Crippen LogP contribution is -2.50. The van der Waals surface area contributed by atoms with Crippen LogP contribution in [0.3, 0.4) is 0 Å². The standard InChI is InChI=1S/C27H27FN6O2/c28-14-17-15-33(16-17)27(36)23-24(25-29-11-4-12-30-25)32-34-22(35)13-21(31-26(23)34)20-9-7-19(8-10-20)18-5-2-1-3-6-18/h4,7-13,17-18,31H,1-3,5-6,14-16H2. The Kier molecular flexibility index (Phi) is 5.83. The summed E-state index contributed by atoms with van der Waals surface area (Å²) < 4.78 is 14.2. The number of carbonyl (C=O) groups is 1. The van der Waals surface area contributed by atoms with E-state index in [1.807, 2.05) is 12.1 Å². The van der Waals surface area contributed by atoms with Gasteiger partial charge in [0.15, 0.2) is 11.5 Å². The van der Waals surface area contributed by atoms with Crippen LogP contribution in [0.25, 0.3) is 28.4 Å². The van der Waals surface area contributed by atoms with Gasteiger partial charge in [0, 0.05) is 37.5 Å². The number of nitrogens with zero attached hydrogens (tertiary/aromatic N) is 5. The van der Waals surface area contributed by atoms with Crippen molar-refractivity contribution in [3.63, 3.8) is 0 Å². The highest BCUT2D eigenvalue weighted by atomic mass is 19.1. The molecule has 2 fully saturated rings. The van der Waals surface area contributed by atoms with E-state index in [0.717, 1.165) is 5.56 Å². The molecule has 1 aliphatic carbocycles. The minimum atomic E-state index is -0.467. The first-order valence-electron chi connectivity index (χ1n) is 12.5. The van der Waals surface area contributed by atoms with Gasteiger partial charge in [-0.1, -0.05) is 43.5 Å². The van der Waals surface area contributed by atoms with Gasteiger partial charge in [-0.3, -0.25) is 14.0 Å². The molecule has 36 heavy (non-hydrogen) atoms. The highest BCUT2D eigenvalue weighted by Crippen LogP contribution is 2.34. The first kappa shape index (κ1) is 22.6. The number of hydrogen-bond donors (Lipinski definition) is 1. The monoisotopic (exact) mass is 486 g/mol. The minimum Gasteiger partial charge on any atom is -0.339 e. The molecule has 9 heteroatoms. The summed E-state index contributed by atoms with van der Waals surface area (Å²) in [4.78, 5) is 40.0. The van der Waals surface area contributed by atoms with E-state index >= 15 is 0 Å². The smallest absolute Gasteiger partial charge is 0.274 e. The molecule has 184 valence electrons. The molecule has 0 radical (unpaired) electrons. The van der Waals surface area contributed by atoms with Crippen LogP contribution >= 0.6 is 0 Å². The van der Waals surface area contributed by atoms with Crippen molar-refractivity contribution in [2.24, 2.45) is 5.92 Å². The minimum absolute atomic E-state index is 0.162. The molecule has 3 aromatic heterocycles. The third-order valence-electron chi connectivity index (χ3n) is 7.37. The molecule has 0 atom stereocenters. The number of alkyl halides is 1. The molecular weight excluding hydrogens is 459 g/mol. The van der Waals surface area contributed by atoms with Gasteiger partial charge in [0.2, 0.25) is 0 Å². The molecule has 1 saturated carbocycles. The van der Waals surface area contributed by atoms with Gasteiger partial charge in [-0.2, -0.15) is 9.61 Å². The second-order valence-corrected chi connectivity index (χ2v) is 9.77. The average Bonchev–Trinajstić information content (AvgIpc) is 3.29. The van der Waals surface area contributed by atoms with Gasteiger partial charge < -0.3 is 9.88 Å². The summed E-state index contributed by atoms with van der Waals surface area (Å²) >= 11 is 0. The molecule has 1 aromatic carbocycles. The van der Waals surface area contributed by atoms with E-state index in [1.54, 1.807) is 23.4 Å². The number of fused-ring (bicyclic) bond motifs is 1. The molecule has 0 bridgehead atoms. The average molecular weight is 487 g/mol. The number of halogens is 1. The Labute approximate surface area is 207 Å². The number of aromatic nitrogens is 5. The fraction of sp³-hybridized carbons (Fsp3) is 0.370. The zero-order chi connectivity index (χ0) is 24.6. The van der Waals surface area contributed by atoms with Crippen LogP contribution in [0.5, 0.6) is 0 Å². The molecule has 4 heterocycles. The Morgan fingerprint density at radius 1 is 1.06 bits per heavy atom. The molecular formula is C27H27FN6O2. The van der Waals surface area contributed by atoms with Gasteiger partial charge in [0.1, 0.15) is 11.3 Å². The number of nitrogens with one attached hydrogen (secondary N) is 1. The highest BCUT2D eigenvalue weighted by molar-refractivity contribution is 6.05. The van der Waals surface area contributed by atoms with Crippen LogP contribution in [-0.4, -0.2) is 55.1 Å². The topological polar surface area (TPSA) is 96.2 Å².